The molecule has 0 spiro atoms. The van der Waals surface area contributed by atoms with Crippen LogP contribution in [0.1, 0.15) is 51.1 Å². The van der Waals surface area contributed by atoms with Crippen molar-refractivity contribution in [2.45, 2.75) is 51.7 Å². The molecule has 1 fully saturated rings. The maximum Gasteiger partial charge on any atom is 0.308 e. The van der Waals surface area contributed by atoms with E-state index < -0.39 is 6.04 Å². The lowest BCUT2D eigenvalue weighted by atomic mass is 9.95. The zero-order chi connectivity index (χ0) is 24.3. The van der Waals surface area contributed by atoms with Gasteiger partial charge in [0.05, 0.1) is 37.5 Å². The first kappa shape index (κ1) is 25.3. The number of rotatable bonds is 10. The van der Waals surface area contributed by atoms with Crippen molar-refractivity contribution in [3.63, 3.8) is 0 Å². The predicted molar refractivity (Wildman–Crippen MR) is 129 cm³/mol. The van der Waals surface area contributed by atoms with Gasteiger partial charge in [0.15, 0.2) is 0 Å². The molecule has 0 saturated carbocycles. The molecule has 0 bridgehead atoms. The highest BCUT2D eigenvalue weighted by Crippen LogP contribution is 2.22. The number of nitrogens with zero attached hydrogens (tertiary/aromatic N) is 1. The first-order valence-corrected chi connectivity index (χ1v) is 11.9. The van der Waals surface area contributed by atoms with Crippen LogP contribution in [0.5, 0.6) is 5.75 Å². The van der Waals surface area contributed by atoms with Crippen LogP contribution in [0.4, 0.5) is 0 Å². The number of para-hydroxylation sites is 1. The number of amides is 2. The summed E-state index contributed by atoms with van der Waals surface area (Å²) in [6, 6.07) is 18.3. The molecule has 0 aromatic heterocycles. The fraction of sp³-hybridized carbons (Fsp3) is 0.444. The van der Waals surface area contributed by atoms with Crippen LogP contribution < -0.4 is 10.1 Å². The van der Waals surface area contributed by atoms with Gasteiger partial charge in [0.25, 0.3) is 0 Å². The fourth-order valence-electron chi connectivity index (χ4n) is 4.05. The molecule has 0 radical (unpaired) electrons. The molecule has 7 heteroatoms. The Morgan fingerprint density at radius 1 is 1.03 bits per heavy atom. The minimum absolute atomic E-state index is 0.0199. The smallest absolute Gasteiger partial charge is 0.308 e. The number of carbonyl (C=O) groups is 3. The summed E-state index contributed by atoms with van der Waals surface area (Å²) in [5.74, 6) is -0.116. The summed E-state index contributed by atoms with van der Waals surface area (Å²) in [6.45, 7) is 4.90. The van der Waals surface area contributed by atoms with Crippen LogP contribution in [-0.4, -0.2) is 48.5 Å². The van der Waals surface area contributed by atoms with Gasteiger partial charge in [-0.15, -0.1) is 0 Å². The van der Waals surface area contributed by atoms with Crippen molar-refractivity contribution in [3.05, 3.63) is 66.2 Å². The third-order valence-corrected chi connectivity index (χ3v) is 5.73. The second kappa shape index (κ2) is 12.8. The van der Waals surface area contributed by atoms with E-state index in [0.717, 1.165) is 17.7 Å². The Bertz CT molecular complexity index is 933. The van der Waals surface area contributed by atoms with Gasteiger partial charge < -0.3 is 19.7 Å². The minimum atomic E-state index is -0.481. The van der Waals surface area contributed by atoms with Gasteiger partial charge in [0.1, 0.15) is 5.75 Å². The zero-order valence-electron chi connectivity index (χ0n) is 19.9. The van der Waals surface area contributed by atoms with Crippen molar-refractivity contribution >= 4 is 17.8 Å². The molecule has 1 aliphatic rings. The van der Waals surface area contributed by atoms with E-state index >= 15 is 0 Å². The molecule has 7 nitrogen and oxygen atoms in total. The number of carbonyl (C=O) groups excluding carboxylic acids is 3. The highest BCUT2D eigenvalue weighted by molar-refractivity contribution is 5.82. The summed E-state index contributed by atoms with van der Waals surface area (Å²) >= 11 is 0. The molecule has 1 heterocycles. The van der Waals surface area contributed by atoms with Crippen molar-refractivity contribution < 1.29 is 23.9 Å². The van der Waals surface area contributed by atoms with E-state index in [1.54, 1.807) is 18.7 Å². The molecule has 1 N–H and O–H groups in total. The van der Waals surface area contributed by atoms with Crippen LogP contribution >= 0.6 is 0 Å². The van der Waals surface area contributed by atoms with Crippen LogP contribution in [0.15, 0.2) is 60.7 Å². The van der Waals surface area contributed by atoms with E-state index in [9.17, 15) is 14.4 Å². The molecule has 1 saturated heterocycles. The van der Waals surface area contributed by atoms with Crippen molar-refractivity contribution in [1.29, 1.82) is 0 Å². The number of benzene rings is 2. The highest BCUT2D eigenvalue weighted by atomic mass is 16.5. The normalized spacial score (nSPS) is 16.6. The average molecular weight is 467 g/mol. The second-order valence-electron chi connectivity index (χ2n) is 8.81. The van der Waals surface area contributed by atoms with Crippen molar-refractivity contribution in [2.24, 2.45) is 5.92 Å². The van der Waals surface area contributed by atoms with Crippen molar-refractivity contribution in [2.75, 3.05) is 19.7 Å². The molecular weight excluding hydrogens is 432 g/mol. The largest absolute Gasteiger partial charge is 0.493 e. The lowest BCUT2D eigenvalue weighted by Gasteiger charge is -2.33. The van der Waals surface area contributed by atoms with Crippen LogP contribution in [0.3, 0.4) is 0 Å². The summed E-state index contributed by atoms with van der Waals surface area (Å²) in [5.41, 5.74) is 0.846. The van der Waals surface area contributed by atoms with Gasteiger partial charge in [-0.2, -0.15) is 0 Å². The lowest BCUT2D eigenvalue weighted by Crippen LogP contribution is -2.46. The van der Waals surface area contributed by atoms with E-state index in [-0.39, 0.29) is 42.6 Å². The third-order valence-electron chi connectivity index (χ3n) is 5.73. The average Bonchev–Trinajstić information content (AvgIpc) is 2.84. The predicted octanol–water partition coefficient (Wildman–Crippen LogP) is 3.89. The second-order valence-corrected chi connectivity index (χ2v) is 8.81. The molecule has 182 valence electrons. The summed E-state index contributed by atoms with van der Waals surface area (Å²) < 4.78 is 10.9. The first-order chi connectivity index (χ1) is 16.4. The van der Waals surface area contributed by atoms with Crippen molar-refractivity contribution in [1.82, 2.24) is 10.2 Å². The number of nitrogens with one attached hydrogen (secondary N) is 1. The van der Waals surface area contributed by atoms with Gasteiger partial charge in [-0.25, -0.2) is 0 Å². The number of piperidine rings is 1. The summed E-state index contributed by atoms with van der Waals surface area (Å²) in [7, 11) is 0. The number of esters is 1. The maximum atomic E-state index is 13.1. The molecule has 0 aliphatic carbocycles. The molecule has 2 aromatic rings. The van der Waals surface area contributed by atoms with Gasteiger partial charge in [-0.3, -0.25) is 14.4 Å². The van der Waals surface area contributed by atoms with Crippen LogP contribution in [-0.2, 0) is 19.1 Å². The molecule has 3 rings (SSSR count). The van der Waals surface area contributed by atoms with Gasteiger partial charge in [-0.1, -0.05) is 48.5 Å². The Labute approximate surface area is 201 Å². The highest BCUT2D eigenvalue weighted by Gasteiger charge is 2.30. The van der Waals surface area contributed by atoms with Crippen LogP contribution in [0.25, 0.3) is 0 Å². The van der Waals surface area contributed by atoms with Crippen LogP contribution in [0, 0.1) is 5.92 Å². The fourth-order valence-corrected chi connectivity index (χ4v) is 4.05. The molecule has 2 unspecified atom stereocenters. The Balaban J connectivity index is 1.55. The van der Waals surface area contributed by atoms with E-state index in [1.807, 2.05) is 60.7 Å². The number of ether oxygens (including phenoxy) is 2. The van der Waals surface area contributed by atoms with Gasteiger partial charge in [0.2, 0.25) is 11.8 Å². The van der Waals surface area contributed by atoms with E-state index in [1.165, 1.54) is 0 Å². The number of hydrogen-bond acceptors (Lipinski definition) is 5. The standard InChI is InChI=1S/C27H34N2O5/c1-20(2)34-26(31)18-24(21-10-5-3-6-11-21)28-27(32)22-12-9-16-29(19-22)25(30)15-17-33-23-13-7-4-8-14-23/h3-8,10-11,13-14,20,22,24H,9,12,15-19H2,1-2H3,(H,28,32). The molecule has 2 atom stereocenters. The first-order valence-electron chi connectivity index (χ1n) is 11.9. The third kappa shape index (κ3) is 7.90. The Morgan fingerprint density at radius 3 is 2.38 bits per heavy atom. The monoisotopic (exact) mass is 466 g/mol. The lowest BCUT2D eigenvalue weighted by molar-refractivity contribution is -0.148. The summed E-state index contributed by atoms with van der Waals surface area (Å²) in [6.07, 6.45) is 1.56. The zero-order valence-corrected chi connectivity index (χ0v) is 19.9. The SMILES string of the molecule is CC(C)OC(=O)CC(NC(=O)C1CCCN(C(=O)CCOc2ccccc2)C1)c1ccccc1. The topological polar surface area (TPSA) is 84.9 Å². The number of hydrogen-bond donors (Lipinski definition) is 1. The van der Waals surface area contributed by atoms with Gasteiger partial charge >= 0.3 is 5.97 Å². The molecule has 2 aromatic carbocycles. The van der Waals surface area contributed by atoms with Gasteiger partial charge in [0, 0.05) is 13.1 Å². The minimum Gasteiger partial charge on any atom is -0.493 e. The van der Waals surface area contributed by atoms with Crippen LogP contribution in [0.2, 0.25) is 0 Å². The maximum absolute atomic E-state index is 13.1. The Kier molecular flexibility index (Phi) is 9.50. The molecule has 2 amide bonds. The van der Waals surface area contributed by atoms with E-state index in [0.29, 0.717) is 26.1 Å². The molecule has 34 heavy (non-hydrogen) atoms. The van der Waals surface area contributed by atoms with Gasteiger partial charge in [-0.05, 0) is 44.4 Å². The Hall–Kier alpha value is -3.35. The summed E-state index contributed by atoms with van der Waals surface area (Å²) in [4.78, 5) is 39.9. The molecular formula is C27H34N2O5. The van der Waals surface area contributed by atoms with E-state index in [4.69, 9.17) is 9.47 Å². The molecule has 1 aliphatic heterocycles. The van der Waals surface area contributed by atoms with Crippen molar-refractivity contribution in [3.8, 4) is 5.75 Å². The Morgan fingerprint density at radius 2 is 1.71 bits per heavy atom. The quantitative estimate of drug-likeness (QED) is 0.537. The summed E-state index contributed by atoms with van der Waals surface area (Å²) in [5, 5.41) is 3.03. The number of likely N-dealkylation sites (tertiary alicyclic amines) is 1. The van der Waals surface area contributed by atoms with E-state index in [2.05, 4.69) is 5.32 Å².